The molecule has 1 aliphatic heterocycles. The maximum absolute atomic E-state index is 13.1. The SMILES string of the molecule is COCCN1C(=O)/C(=C/c2cn(-c3ccccc3)nc2-c2ccc(OCc3ccc(Cl)cc3Cl)cc2)SC1=S. The summed E-state index contributed by atoms with van der Waals surface area (Å²) in [6.07, 6.45) is 3.76. The van der Waals surface area contributed by atoms with Gasteiger partial charge >= 0.3 is 0 Å². The largest absolute Gasteiger partial charge is 0.489 e. The van der Waals surface area contributed by atoms with Crippen molar-refractivity contribution in [3.63, 3.8) is 0 Å². The van der Waals surface area contributed by atoms with Gasteiger partial charge in [-0.1, -0.05) is 71.4 Å². The van der Waals surface area contributed by atoms with Crippen molar-refractivity contribution in [2.75, 3.05) is 20.3 Å². The van der Waals surface area contributed by atoms with Gasteiger partial charge in [-0.15, -0.1) is 0 Å². The number of thioether (sulfide) groups is 1. The summed E-state index contributed by atoms with van der Waals surface area (Å²) in [5.41, 5.74) is 4.16. The van der Waals surface area contributed by atoms with Crippen LogP contribution in [0.3, 0.4) is 0 Å². The van der Waals surface area contributed by atoms with E-state index in [1.165, 1.54) is 11.8 Å². The Balaban J connectivity index is 1.43. The second-order valence-corrected chi connectivity index (χ2v) is 11.1. The number of halogens is 2. The fraction of sp³-hybridized carbons (Fsp3) is 0.138. The second-order valence-electron chi connectivity index (χ2n) is 8.59. The molecule has 1 aromatic heterocycles. The molecule has 0 spiro atoms. The molecule has 0 bridgehead atoms. The molecule has 10 heteroatoms. The van der Waals surface area contributed by atoms with Crippen LogP contribution >= 0.6 is 47.2 Å². The van der Waals surface area contributed by atoms with Crippen LogP contribution in [0.4, 0.5) is 0 Å². The number of nitrogens with zero attached hydrogens (tertiary/aromatic N) is 3. The molecule has 4 aromatic rings. The van der Waals surface area contributed by atoms with E-state index >= 15 is 0 Å². The van der Waals surface area contributed by atoms with Crippen molar-refractivity contribution in [2.24, 2.45) is 0 Å². The van der Waals surface area contributed by atoms with Crippen LogP contribution in [0.25, 0.3) is 23.0 Å². The van der Waals surface area contributed by atoms with Gasteiger partial charge in [-0.05, 0) is 54.6 Å². The van der Waals surface area contributed by atoms with Crippen LogP contribution in [-0.2, 0) is 16.1 Å². The lowest BCUT2D eigenvalue weighted by Gasteiger charge is -2.12. The number of carbonyl (C=O) groups excluding carboxylic acids is 1. The predicted molar refractivity (Wildman–Crippen MR) is 162 cm³/mol. The maximum Gasteiger partial charge on any atom is 0.266 e. The molecule has 0 saturated carbocycles. The van der Waals surface area contributed by atoms with Gasteiger partial charge in [-0.3, -0.25) is 9.69 Å². The molecule has 198 valence electrons. The van der Waals surface area contributed by atoms with Gasteiger partial charge in [0.25, 0.3) is 5.91 Å². The van der Waals surface area contributed by atoms with Crippen LogP contribution in [0.5, 0.6) is 5.75 Å². The van der Waals surface area contributed by atoms with Crippen LogP contribution in [0, 0.1) is 0 Å². The van der Waals surface area contributed by atoms with E-state index in [-0.39, 0.29) is 5.91 Å². The van der Waals surface area contributed by atoms with Crippen LogP contribution < -0.4 is 4.74 Å². The first-order chi connectivity index (χ1) is 18.9. The van der Waals surface area contributed by atoms with Gasteiger partial charge in [-0.2, -0.15) is 5.10 Å². The zero-order valence-electron chi connectivity index (χ0n) is 20.8. The Morgan fingerprint density at radius 3 is 2.54 bits per heavy atom. The van der Waals surface area contributed by atoms with Gasteiger partial charge in [0.1, 0.15) is 16.7 Å². The van der Waals surface area contributed by atoms with E-state index in [4.69, 9.17) is 50.0 Å². The van der Waals surface area contributed by atoms with Gasteiger partial charge in [0.05, 0.1) is 29.4 Å². The number of rotatable bonds is 9. The first-order valence-corrected chi connectivity index (χ1v) is 14.0. The fourth-order valence-electron chi connectivity index (χ4n) is 3.96. The quantitative estimate of drug-likeness (QED) is 0.150. The van der Waals surface area contributed by atoms with E-state index in [9.17, 15) is 4.79 Å². The number of hydrogen-bond acceptors (Lipinski definition) is 6. The summed E-state index contributed by atoms with van der Waals surface area (Å²) in [4.78, 5) is 15.2. The lowest BCUT2D eigenvalue weighted by Crippen LogP contribution is -2.31. The van der Waals surface area contributed by atoms with Crippen molar-refractivity contribution in [1.82, 2.24) is 14.7 Å². The summed E-state index contributed by atoms with van der Waals surface area (Å²) < 4.78 is 13.4. The van der Waals surface area contributed by atoms with Gasteiger partial charge < -0.3 is 9.47 Å². The van der Waals surface area contributed by atoms with Crippen LogP contribution in [-0.4, -0.2) is 45.2 Å². The van der Waals surface area contributed by atoms with E-state index < -0.39 is 0 Å². The predicted octanol–water partition coefficient (Wildman–Crippen LogP) is 7.27. The average Bonchev–Trinajstić information content (AvgIpc) is 3.48. The van der Waals surface area contributed by atoms with E-state index in [2.05, 4.69) is 0 Å². The Morgan fingerprint density at radius 2 is 1.82 bits per heavy atom. The van der Waals surface area contributed by atoms with Crippen molar-refractivity contribution in [1.29, 1.82) is 0 Å². The zero-order valence-corrected chi connectivity index (χ0v) is 24.0. The minimum Gasteiger partial charge on any atom is -0.489 e. The lowest BCUT2D eigenvalue weighted by atomic mass is 10.1. The van der Waals surface area contributed by atoms with Crippen molar-refractivity contribution in [3.05, 3.63) is 105 Å². The average molecular weight is 597 g/mol. The number of ether oxygens (including phenoxy) is 2. The number of carbonyl (C=O) groups is 1. The molecule has 0 N–H and O–H groups in total. The van der Waals surface area contributed by atoms with Crippen LogP contribution in [0.15, 0.2) is 83.9 Å². The molecule has 1 amide bonds. The number of para-hydroxylation sites is 1. The first-order valence-electron chi connectivity index (χ1n) is 12.0. The Morgan fingerprint density at radius 1 is 1.05 bits per heavy atom. The number of aromatic nitrogens is 2. The molecule has 3 aromatic carbocycles. The van der Waals surface area contributed by atoms with Crippen molar-refractivity contribution in [2.45, 2.75) is 6.61 Å². The first kappa shape index (κ1) is 27.4. The topological polar surface area (TPSA) is 56.6 Å². The molecule has 1 saturated heterocycles. The minimum absolute atomic E-state index is 0.134. The highest BCUT2D eigenvalue weighted by Gasteiger charge is 2.32. The molecular formula is C29H23Cl2N3O3S2. The number of methoxy groups -OCH3 is 1. The van der Waals surface area contributed by atoms with Gasteiger partial charge in [0, 0.05) is 40.0 Å². The van der Waals surface area contributed by atoms with Crippen LogP contribution in [0.2, 0.25) is 10.0 Å². The highest BCUT2D eigenvalue weighted by atomic mass is 35.5. The zero-order chi connectivity index (χ0) is 27.4. The number of amides is 1. The number of benzene rings is 3. The molecule has 5 rings (SSSR count). The van der Waals surface area contributed by atoms with Gasteiger partial charge in [0.15, 0.2) is 0 Å². The van der Waals surface area contributed by atoms with Crippen molar-refractivity contribution < 1.29 is 14.3 Å². The monoisotopic (exact) mass is 595 g/mol. The van der Waals surface area contributed by atoms with Crippen molar-refractivity contribution >= 4 is 63.5 Å². The third kappa shape index (κ3) is 6.37. The normalized spacial score (nSPS) is 14.4. The molecule has 1 fully saturated rings. The Labute approximate surface area is 246 Å². The Hall–Kier alpha value is -3.14. The summed E-state index contributed by atoms with van der Waals surface area (Å²) in [5, 5.41) is 6.00. The van der Waals surface area contributed by atoms with Gasteiger partial charge in [0.2, 0.25) is 0 Å². The molecule has 1 aliphatic rings. The third-order valence-electron chi connectivity index (χ3n) is 5.98. The van der Waals surface area contributed by atoms with E-state index in [0.717, 1.165) is 28.1 Å². The molecule has 0 aliphatic carbocycles. The van der Waals surface area contributed by atoms with E-state index in [0.29, 0.717) is 44.8 Å². The van der Waals surface area contributed by atoms with Gasteiger partial charge in [-0.25, -0.2) is 4.68 Å². The standard InChI is InChI=1S/C29H23Cl2N3O3S2/c1-36-14-13-33-28(35)26(39-29(33)38)15-21-17-34(23-5-3-2-4-6-23)32-27(21)19-8-11-24(12-9-19)37-18-20-7-10-22(30)16-25(20)31/h2-12,15-17H,13-14,18H2,1H3/b26-15-. The lowest BCUT2D eigenvalue weighted by molar-refractivity contribution is -0.122. The highest BCUT2D eigenvalue weighted by molar-refractivity contribution is 8.26. The Bertz CT molecular complexity index is 1540. The summed E-state index contributed by atoms with van der Waals surface area (Å²) in [6, 6.07) is 22.8. The molecule has 39 heavy (non-hydrogen) atoms. The van der Waals surface area contributed by atoms with Crippen LogP contribution in [0.1, 0.15) is 11.1 Å². The Kier molecular flexibility index (Phi) is 8.69. The molecule has 0 atom stereocenters. The summed E-state index contributed by atoms with van der Waals surface area (Å²) in [6.45, 7) is 1.14. The summed E-state index contributed by atoms with van der Waals surface area (Å²) in [7, 11) is 1.60. The fourth-order valence-corrected chi connectivity index (χ4v) is 5.72. The number of thiocarbonyl (C=S) groups is 1. The van der Waals surface area contributed by atoms with E-state index in [1.807, 2.05) is 72.9 Å². The molecule has 2 heterocycles. The minimum atomic E-state index is -0.134. The molecular weight excluding hydrogens is 573 g/mol. The second kappa shape index (κ2) is 12.4. The molecule has 0 radical (unpaired) electrons. The summed E-state index contributed by atoms with van der Waals surface area (Å²) >= 11 is 19.0. The smallest absolute Gasteiger partial charge is 0.266 e. The van der Waals surface area contributed by atoms with Crippen molar-refractivity contribution in [3.8, 4) is 22.7 Å². The number of hydrogen-bond donors (Lipinski definition) is 0. The third-order valence-corrected chi connectivity index (χ3v) is 7.94. The summed E-state index contributed by atoms with van der Waals surface area (Å²) in [5.74, 6) is 0.554. The highest BCUT2D eigenvalue weighted by Crippen LogP contribution is 2.35. The maximum atomic E-state index is 13.1. The molecule has 0 unspecified atom stereocenters. The molecule has 6 nitrogen and oxygen atoms in total. The van der Waals surface area contributed by atoms with E-state index in [1.54, 1.807) is 28.8 Å².